The Morgan fingerprint density at radius 1 is 1.30 bits per heavy atom. The summed E-state index contributed by atoms with van der Waals surface area (Å²) in [6, 6.07) is 9.06. The Hall–Kier alpha value is -3.08. The van der Waals surface area contributed by atoms with Crippen molar-refractivity contribution < 1.29 is 14.5 Å². The number of carbonyl (C=O) groups excluding carboxylic acids is 1. The number of methoxy groups -OCH3 is 1. The fraction of sp³-hybridized carbons (Fsp3) is 0.111. The Labute approximate surface area is 164 Å². The number of nitro groups is 1. The lowest BCUT2D eigenvalue weighted by molar-refractivity contribution is -0.384. The number of rotatable bonds is 5. The van der Waals surface area contributed by atoms with Crippen LogP contribution in [0.2, 0.25) is 10.0 Å². The molecule has 0 spiro atoms. The van der Waals surface area contributed by atoms with Crippen molar-refractivity contribution in [3.05, 3.63) is 67.2 Å². The van der Waals surface area contributed by atoms with Gasteiger partial charge in [-0.3, -0.25) is 14.9 Å². The number of halogens is 2. The molecule has 0 radical (unpaired) electrons. The van der Waals surface area contributed by atoms with E-state index < -0.39 is 10.8 Å². The first-order valence-electron chi connectivity index (χ1n) is 7.48. The maximum Gasteiger partial charge on any atom is 0.293 e. The van der Waals surface area contributed by atoms with Gasteiger partial charge in [0.2, 0.25) is 0 Å². The second-order valence-corrected chi connectivity index (χ2v) is 6.23. The van der Waals surface area contributed by atoms with Gasteiger partial charge in [-0.05, 0) is 42.3 Å². The Kier molecular flexibility index (Phi) is 6.40. The van der Waals surface area contributed by atoms with Crippen LogP contribution < -0.4 is 10.1 Å². The quantitative estimate of drug-likeness (QED) is 0.333. The third kappa shape index (κ3) is 4.76. The molecule has 0 aliphatic heterocycles. The molecule has 1 N–H and O–H groups in total. The molecule has 0 fully saturated rings. The molecule has 0 saturated heterocycles. The number of nitrogens with one attached hydrogen (secondary N) is 1. The lowest BCUT2D eigenvalue weighted by Crippen LogP contribution is -2.14. The van der Waals surface area contributed by atoms with Gasteiger partial charge in [0.05, 0.1) is 22.1 Å². The van der Waals surface area contributed by atoms with E-state index in [0.717, 1.165) is 0 Å². The van der Waals surface area contributed by atoms with Gasteiger partial charge in [-0.1, -0.05) is 29.3 Å². The third-order valence-electron chi connectivity index (χ3n) is 3.50. The van der Waals surface area contributed by atoms with Crippen molar-refractivity contribution >= 4 is 46.6 Å². The lowest BCUT2D eigenvalue weighted by Gasteiger charge is -2.08. The summed E-state index contributed by atoms with van der Waals surface area (Å²) in [4.78, 5) is 22.9. The molecular formula is C18H13Cl2N3O4. The van der Waals surface area contributed by atoms with E-state index in [1.54, 1.807) is 19.1 Å². The van der Waals surface area contributed by atoms with Crippen molar-refractivity contribution in [1.29, 1.82) is 5.26 Å². The Morgan fingerprint density at radius 2 is 1.93 bits per heavy atom. The van der Waals surface area contributed by atoms with Crippen molar-refractivity contribution in [1.82, 2.24) is 0 Å². The Morgan fingerprint density at radius 3 is 2.44 bits per heavy atom. The first-order valence-corrected chi connectivity index (χ1v) is 8.23. The number of hydrogen-bond acceptors (Lipinski definition) is 5. The van der Waals surface area contributed by atoms with Crippen molar-refractivity contribution in [3.63, 3.8) is 0 Å². The van der Waals surface area contributed by atoms with Crippen LogP contribution in [0.3, 0.4) is 0 Å². The minimum absolute atomic E-state index is 0.0115. The van der Waals surface area contributed by atoms with Crippen LogP contribution in [0.1, 0.15) is 11.1 Å². The highest BCUT2D eigenvalue weighted by atomic mass is 35.5. The number of nitro benzene ring substituents is 1. The maximum absolute atomic E-state index is 12.4. The molecule has 9 heteroatoms. The molecule has 2 rings (SSSR count). The molecule has 0 heterocycles. The van der Waals surface area contributed by atoms with Gasteiger partial charge < -0.3 is 10.1 Å². The van der Waals surface area contributed by atoms with Gasteiger partial charge in [-0.15, -0.1) is 0 Å². The summed E-state index contributed by atoms with van der Waals surface area (Å²) < 4.78 is 5.04. The minimum atomic E-state index is -0.799. The number of ether oxygens (including phenoxy) is 1. The number of nitrogens with zero attached hydrogens (tertiary/aromatic N) is 2. The van der Waals surface area contributed by atoms with Crippen LogP contribution in [0, 0.1) is 28.4 Å². The largest absolute Gasteiger partial charge is 0.494 e. The summed E-state index contributed by atoms with van der Waals surface area (Å²) >= 11 is 12.1. The molecule has 1 amide bonds. The predicted octanol–water partition coefficient (Wildman–Crippen LogP) is 4.76. The zero-order valence-electron chi connectivity index (χ0n) is 14.2. The predicted molar refractivity (Wildman–Crippen MR) is 103 cm³/mol. The molecule has 138 valence electrons. The molecule has 2 aromatic rings. The minimum Gasteiger partial charge on any atom is -0.494 e. The number of benzene rings is 2. The van der Waals surface area contributed by atoms with E-state index in [2.05, 4.69) is 5.32 Å². The van der Waals surface area contributed by atoms with Gasteiger partial charge in [0.25, 0.3) is 11.6 Å². The summed E-state index contributed by atoms with van der Waals surface area (Å²) in [5.74, 6) is -0.527. The molecule has 0 aliphatic rings. The average Bonchev–Trinajstić information content (AvgIpc) is 2.60. The van der Waals surface area contributed by atoms with Gasteiger partial charge in [-0.2, -0.15) is 5.26 Å². The summed E-state index contributed by atoms with van der Waals surface area (Å²) in [6.45, 7) is 1.69. The lowest BCUT2D eigenvalue weighted by atomic mass is 10.1. The maximum atomic E-state index is 12.4. The first-order chi connectivity index (χ1) is 12.8. The average molecular weight is 406 g/mol. The zero-order chi connectivity index (χ0) is 20.1. The second-order valence-electron chi connectivity index (χ2n) is 5.42. The molecule has 0 bridgehead atoms. The second kappa shape index (κ2) is 8.54. The van der Waals surface area contributed by atoms with Crippen molar-refractivity contribution in [2.45, 2.75) is 6.92 Å². The van der Waals surface area contributed by atoms with Crippen molar-refractivity contribution in [2.75, 3.05) is 12.4 Å². The molecular weight excluding hydrogens is 393 g/mol. The van der Waals surface area contributed by atoms with Gasteiger partial charge in [0.15, 0.2) is 5.75 Å². The Balaban J connectivity index is 2.36. The number of nitriles is 1. The van der Waals surface area contributed by atoms with Crippen LogP contribution in [0.25, 0.3) is 6.08 Å². The van der Waals surface area contributed by atoms with Crippen LogP contribution in [-0.2, 0) is 4.79 Å². The molecule has 27 heavy (non-hydrogen) atoms. The SMILES string of the molecule is COc1c(Cl)cc(/C=C(\C#N)C(=O)Nc2ccc(C)cc2[N+](=O)[O-])cc1Cl. The molecule has 0 aliphatic carbocycles. The van der Waals surface area contributed by atoms with E-state index >= 15 is 0 Å². The van der Waals surface area contributed by atoms with Crippen molar-refractivity contribution in [3.8, 4) is 11.8 Å². The number of aryl methyl sites for hydroxylation is 1. The number of anilines is 1. The Bertz CT molecular complexity index is 974. The van der Waals surface area contributed by atoms with E-state index in [1.165, 1.54) is 37.5 Å². The highest BCUT2D eigenvalue weighted by molar-refractivity contribution is 6.37. The first kappa shape index (κ1) is 20.2. The number of hydrogen-bond donors (Lipinski definition) is 1. The molecule has 2 aromatic carbocycles. The standard InChI is InChI=1S/C18H13Cl2N3O4/c1-10-3-4-15(16(5-10)23(25)26)22-18(24)12(9-21)6-11-7-13(19)17(27-2)14(20)8-11/h3-8H,1-2H3,(H,22,24)/b12-6+. The molecule has 0 atom stereocenters. The van der Waals surface area contributed by atoms with E-state index in [-0.39, 0.29) is 32.7 Å². The number of amides is 1. The summed E-state index contributed by atoms with van der Waals surface area (Å²) in [5.41, 5.74) is 0.509. The summed E-state index contributed by atoms with van der Waals surface area (Å²) in [5, 5.41) is 23.3. The zero-order valence-corrected chi connectivity index (χ0v) is 15.8. The number of carbonyl (C=O) groups is 1. The summed E-state index contributed by atoms with van der Waals surface area (Å²) in [6.07, 6.45) is 1.27. The molecule has 7 nitrogen and oxygen atoms in total. The van der Waals surface area contributed by atoms with Crippen LogP contribution in [0.4, 0.5) is 11.4 Å². The van der Waals surface area contributed by atoms with Gasteiger partial charge in [-0.25, -0.2) is 0 Å². The van der Waals surface area contributed by atoms with Crippen LogP contribution in [0.5, 0.6) is 5.75 Å². The third-order valence-corrected chi connectivity index (χ3v) is 4.06. The highest BCUT2D eigenvalue weighted by Crippen LogP contribution is 2.34. The van der Waals surface area contributed by atoms with Crippen LogP contribution in [0.15, 0.2) is 35.9 Å². The van der Waals surface area contributed by atoms with Gasteiger partial charge in [0.1, 0.15) is 17.3 Å². The molecule has 0 saturated carbocycles. The van der Waals surface area contributed by atoms with E-state index in [1.807, 2.05) is 0 Å². The smallest absolute Gasteiger partial charge is 0.293 e. The van der Waals surface area contributed by atoms with Gasteiger partial charge in [0, 0.05) is 6.07 Å². The van der Waals surface area contributed by atoms with E-state index in [9.17, 15) is 20.2 Å². The topological polar surface area (TPSA) is 105 Å². The molecule has 0 unspecified atom stereocenters. The highest BCUT2D eigenvalue weighted by Gasteiger charge is 2.18. The van der Waals surface area contributed by atoms with E-state index in [0.29, 0.717) is 11.1 Å². The van der Waals surface area contributed by atoms with E-state index in [4.69, 9.17) is 27.9 Å². The van der Waals surface area contributed by atoms with Crippen LogP contribution in [-0.4, -0.2) is 17.9 Å². The fourth-order valence-electron chi connectivity index (χ4n) is 2.26. The summed E-state index contributed by atoms with van der Waals surface area (Å²) in [7, 11) is 1.41. The fourth-order valence-corrected chi connectivity index (χ4v) is 2.92. The molecule has 0 aromatic heterocycles. The monoisotopic (exact) mass is 405 g/mol. The normalized spacial score (nSPS) is 10.9. The van der Waals surface area contributed by atoms with Crippen molar-refractivity contribution in [2.24, 2.45) is 0 Å². The van der Waals surface area contributed by atoms with Gasteiger partial charge >= 0.3 is 0 Å². The van der Waals surface area contributed by atoms with Crippen LogP contribution >= 0.6 is 23.2 Å².